The van der Waals surface area contributed by atoms with E-state index in [1.165, 1.54) is 11.8 Å². The molecule has 7 nitrogen and oxygen atoms in total. The number of nitrogens with zero attached hydrogens (tertiary/aromatic N) is 3. The van der Waals surface area contributed by atoms with Gasteiger partial charge in [-0.25, -0.2) is 0 Å². The zero-order chi connectivity index (χ0) is 20.9. The van der Waals surface area contributed by atoms with Gasteiger partial charge in [-0.1, -0.05) is 35.5 Å². The third-order valence-corrected chi connectivity index (χ3v) is 5.61. The molecule has 1 aromatic heterocycles. The van der Waals surface area contributed by atoms with Crippen molar-refractivity contribution >= 4 is 29.3 Å². The third kappa shape index (κ3) is 4.60. The van der Waals surface area contributed by atoms with Gasteiger partial charge in [0, 0.05) is 23.7 Å². The number of ether oxygens (including phenoxy) is 2. The lowest BCUT2D eigenvalue weighted by atomic mass is 10.2. The topological polar surface area (TPSA) is 78.3 Å². The summed E-state index contributed by atoms with van der Waals surface area (Å²) in [5.74, 6) is 2.25. The van der Waals surface area contributed by atoms with Gasteiger partial charge in [0.25, 0.3) is 0 Å². The number of fused-ring (bicyclic) bond motifs is 1. The Balaban J connectivity index is 1.37. The van der Waals surface area contributed by atoms with Crippen LogP contribution in [0.2, 0.25) is 5.02 Å². The van der Waals surface area contributed by atoms with E-state index in [-0.39, 0.29) is 18.5 Å². The fourth-order valence-electron chi connectivity index (χ4n) is 2.93. The average molecular weight is 443 g/mol. The van der Waals surface area contributed by atoms with Crippen LogP contribution >= 0.6 is 23.4 Å². The fraction of sp³-hybridized carbons (Fsp3) is 0.190. The maximum atomic E-state index is 12.3. The summed E-state index contributed by atoms with van der Waals surface area (Å²) in [4.78, 5) is 12.3. The second kappa shape index (κ2) is 9.23. The molecule has 154 valence electrons. The molecule has 0 saturated carbocycles. The summed E-state index contributed by atoms with van der Waals surface area (Å²) in [6.07, 6.45) is 1.77. The van der Waals surface area contributed by atoms with E-state index in [4.69, 9.17) is 21.1 Å². The zero-order valence-corrected chi connectivity index (χ0v) is 17.6. The number of thioether (sulfide) groups is 1. The quantitative estimate of drug-likeness (QED) is 0.421. The number of amides is 1. The smallest absolute Gasteiger partial charge is 0.231 e. The molecule has 0 radical (unpaired) electrons. The van der Waals surface area contributed by atoms with Gasteiger partial charge < -0.3 is 14.8 Å². The standard InChI is InChI=1S/C21H19ClN4O3S/c1-2-9-26-20(15-4-6-16(22)7-5-15)24-25-21(26)30-12-19(27)23-11-14-3-8-17-18(10-14)29-13-28-17/h2-8,10H,1,9,11-13H2,(H,23,27). The van der Waals surface area contributed by atoms with Crippen LogP contribution < -0.4 is 14.8 Å². The van der Waals surface area contributed by atoms with Crippen molar-refractivity contribution in [3.8, 4) is 22.9 Å². The maximum absolute atomic E-state index is 12.3. The molecule has 0 bridgehead atoms. The highest BCUT2D eigenvalue weighted by Crippen LogP contribution is 2.32. The maximum Gasteiger partial charge on any atom is 0.231 e. The predicted molar refractivity (Wildman–Crippen MR) is 116 cm³/mol. The van der Waals surface area contributed by atoms with Gasteiger partial charge in [0.05, 0.1) is 5.75 Å². The highest BCUT2D eigenvalue weighted by atomic mass is 35.5. The number of hydrogen-bond donors (Lipinski definition) is 1. The Hall–Kier alpha value is -2.97. The SMILES string of the molecule is C=CCn1c(SCC(=O)NCc2ccc3c(c2)OCO3)nnc1-c1ccc(Cl)cc1. The average Bonchev–Trinajstić information content (AvgIpc) is 3.38. The molecule has 2 heterocycles. The molecule has 9 heteroatoms. The molecule has 0 aliphatic carbocycles. The number of aromatic nitrogens is 3. The van der Waals surface area contributed by atoms with Gasteiger partial charge in [0.2, 0.25) is 12.7 Å². The first-order chi connectivity index (χ1) is 14.6. The lowest BCUT2D eigenvalue weighted by Crippen LogP contribution is -2.24. The van der Waals surface area contributed by atoms with E-state index < -0.39 is 0 Å². The van der Waals surface area contributed by atoms with Crippen LogP contribution in [0.3, 0.4) is 0 Å². The Morgan fingerprint density at radius 2 is 2.00 bits per heavy atom. The molecule has 2 aromatic carbocycles. The van der Waals surface area contributed by atoms with E-state index in [0.29, 0.717) is 34.8 Å². The number of allylic oxidation sites excluding steroid dienone is 1. The first-order valence-electron chi connectivity index (χ1n) is 9.22. The molecule has 0 spiro atoms. The van der Waals surface area contributed by atoms with Crippen LogP contribution in [0.5, 0.6) is 11.5 Å². The van der Waals surface area contributed by atoms with Gasteiger partial charge >= 0.3 is 0 Å². The fourth-order valence-corrected chi connectivity index (χ4v) is 3.84. The van der Waals surface area contributed by atoms with Gasteiger partial charge in [0.1, 0.15) is 0 Å². The van der Waals surface area contributed by atoms with Crippen LogP contribution in [0.15, 0.2) is 60.3 Å². The Morgan fingerprint density at radius 1 is 1.20 bits per heavy atom. The van der Waals surface area contributed by atoms with Crippen LogP contribution in [0, 0.1) is 0 Å². The summed E-state index contributed by atoms with van der Waals surface area (Å²) in [6.45, 7) is 4.97. The van der Waals surface area contributed by atoms with E-state index in [2.05, 4.69) is 22.1 Å². The van der Waals surface area contributed by atoms with E-state index in [0.717, 1.165) is 16.9 Å². The number of carbonyl (C=O) groups excluding carboxylic acids is 1. The van der Waals surface area contributed by atoms with Gasteiger partial charge in [-0.3, -0.25) is 9.36 Å². The molecule has 4 rings (SSSR count). The number of halogens is 1. The number of carbonyl (C=O) groups is 1. The van der Waals surface area contributed by atoms with Gasteiger partial charge in [-0.15, -0.1) is 16.8 Å². The van der Waals surface area contributed by atoms with Crippen molar-refractivity contribution < 1.29 is 14.3 Å². The van der Waals surface area contributed by atoms with E-state index >= 15 is 0 Å². The highest BCUT2D eigenvalue weighted by Gasteiger charge is 2.16. The highest BCUT2D eigenvalue weighted by molar-refractivity contribution is 7.99. The molecule has 1 aliphatic rings. The minimum Gasteiger partial charge on any atom is -0.454 e. The monoisotopic (exact) mass is 442 g/mol. The van der Waals surface area contributed by atoms with Crippen molar-refractivity contribution in [1.82, 2.24) is 20.1 Å². The van der Waals surface area contributed by atoms with Crippen molar-refractivity contribution in [3.63, 3.8) is 0 Å². The predicted octanol–water partition coefficient (Wildman–Crippen LogP) is 3.92. The molecule has 1 amide bonds. The zero-order valence-electron chi connectivity index (χ0n) is 16.0. The van der Waals surface area contributed by atoms with Crippen molar-refractivity contribution in [3.05, 3.63) is 65.7 Å². The van der Waals surface area contributed by atoms with Crippen LogP contribution in [-0.2, 0) is 17.9 Å². The Labute approximate surface area is 183 Å². The molecule has 0 atom stereocenters. The summed E-state index contributed by atoms with van der Waals surface area (Å²) < 4.78 is 12.6. The summed E-state index contributed by atoms with van der Waals surface area (Å²) >= 11 is 7.30. The summed E-state index contributed by atoms with van der Waals surface area (Å²) in [5.41, 5.74) is 1.84. The minimum atomic E-state index is -0.0983. The van der Waals surface area contributed by atoms with Crippen LogP contribution in [-0.4, -0.2) is 33.2 Å². The third-order valence-electron chi connectivity index (χ3n) is 4.39. The molecule has 0 fully saturated rings. The second-order valence-electron chi connectivity index (χ2n) is 6.47. The number of rotatable bonds is 8. The minimum absolute atomic E-state index is 0.0983. The van der Waals surface area contributed by atoms with Gasteiger partial charge in [-0.2, -0.15) is 0 Å². The first-order valence-corrected chi connectivity index (χ1v) is 10.6. The normalized spacial score (nSPS) is 12.0. The largest absolute Gasteiger partial charge is 0.454 e. The Bertz CT molecular complexity index is 1070. The Kier molecular flexibility index (Phi) is 6.25. The lowest BCUT2D eigenvalue weighted by Gasteiger charge is -2.08. The molecule has 0 saturated heterocycles. The molecular weight excluding hydrogens is 424 g/mol. The number of benzene rings is 2. The molecular formula is C21H19ClN4O3S. The van der Waals surface area contributed by atoms with Crippen LogP contribution in [0.25, 0.3) is 11.4 Å². The van der Waals surface area contributed by atoms with Crippen molar-refractivity contribution in [1.29, 1.82) is 0 Å². The second-order valence-corrected chi connectivity index (χ2v) is 7.84. The number of hydrogen-bond acceptors (Lipinski definition) is 6. The van der Waals surface area contributed by atoms with Gasteiger partial charge in [-0.05, 0) is 42.0 Å². The molecule has 0 unspecified atom stereocenters. The van der Waals surface area contributed by atoms with E-state index in [1.54, 1.807) is 18.2 Å². The molecule has 1 N–H and O–H groups in total. The van der Waals surface area contributed by atoms with Crippen molar-refractivity contribution in [2.75, 3.05) is 12.5 Å². The summed E-state index contributed by atoms with van der Waals surface area (Å²) in [7, 11) is 0. The van der Waals surface area contributed by atoms with Crippen LogP contribution in [0.4, 0.5) is 0 Å². The first kappa shape index (κ1) is 20.3. The number of nitrogens with one attached hydrogen (secondary N) is 1. The van der Waals surface area contributed by atoms with Crippen molar-refractivity contribution in [2.45, 2.75) is 18.2 Å². The van der Waals surface area contributed by atoms with E-state index in [9.17, 15) is 4.79 Å². The summed E-state index contributed by atoms with van der Waals surface area (Å²) in [5, 5.41) is 12.7. The molecule has 1 aliphatic heterocycles. The van der Waals surface area contributed by atoms with E-state index in [1.807, 2.05) is 34.9 Å². The summed E-state index contributed by atoms with van der Waals surface area (Å²) in [6, 6.07) is 13.0. The van der Waals surface area contributed by atoms with Crippen LogP contribution in [0.1, 0.15) is 5.56 Å². The molecule has 30 heavy (non-hydrogen) atoms. The molecule has 3 aromatic rings. The van der Waals surface area contributed by atoms with Crippen molar-refractivity contribution in [2.24, 2.45) is 0 Å². The Morgan fingerprint density at radius 3 is 2.80 bits per heavy atom. The van der Waals surface area contributed by atoms with Gasteiger partial charge in [0.15, 0.2) is 22.5 Å². The lowest BCUT2D eigenvalue weighted by molar-refractivity contribution is -0.118.